The molecule has 5 heteroatoms. The van der Waals surface area contributed by atoms with Crippen LogP contribution in [-0.4, -0.2) is 30.9 Å². The van der Waals surface area contributed by atoms with Crippen molar-refractivity contribution in [1.82, 2.24) is 0 Å². The van der Waals surface area contributed by atoms with Gasteiger partial charge in [-0.1, -0.05) is 18.9 Å². The number of carbonyl (C=O) groups excluding carboxylic acids is 3. The topological polar surface area (TPSA) is 69.7 Å². The number of unbranched alkanes of at least 4 members (excludes halogenated alkanes) is 1. The summed E-state index contributed by atoms with van der Waals surface area (Å²) in [7, 11) is 0. The third-order valence-electron chi connectivity index (χ3n) is 3.05. The summed E-state index contributed by atoms with van der Waals surface area (Å²) < 4.78 is 9.69. The van der Waals surface area contributed by atoms with E-state index in [2.05, 4.69) is 6.92 Å². The number of rotatable bonds is 12. The van der Waals surface area contributed by atoms with E-state index in [1.807, 2.05) is 0 Å². The van der Waals surface area contributed by atoms with Gasteiger partial charge in [0.05, 0.1) is 19.6 Å². The molecule has 0 atom stereocenters. The van der Waals surface area contributed by atoms with E-state index < -0.39 is 0 Å². The average molecular weight is 312 g/mol. The fourth-order valence-corrected chi connectivity index (χ4v) is 1.93. The third kappa shape index (κ3) is 11.1. The van der Waals surface area contributed by atoms with Crippen LogP contribution < -0.4 is 0 Å². The van der Waals surface area contributed by atoms with Gasteiger partial charge < -0.3 is 9.47 Å². The summed E-state index contributed by atoms with van der Waals surface area (Å²) in [5.74, 6) is -0.697. The van der Waals surface area contributed by atoms with E-state index in [9.17, 15) is 14.4 Å². The van der Waals surface area contributed by atoms with Crippen LogP contribution in [0.15, 0.2) is 11.6 Å². The molecule has 0 fully saturated rings. The summed E-state index contributed by atoms with van der Waals surface area (Å²) in [6.45, 7) is 6.27. The van der Waals surface area contributed by atoms with Crippen LogP contribution >= 0.6 is 0 Å². The van der Waals surface area contributed by atoms with Crippen molar-refractivity contribution in [3.63, 3.8) is 0 Å². The molecular formula is C17H28O5. The van der Waals surface area contributed by atoms with Crippen LogP contribution in [0.1, 0.15) is 65.7 Å². The van der Waals surface area contributed by atoms with E-state index in [0.29, 0.717) is 19.6 Å². The minimum Gasteiger partial charge on any atom is -0.466 e. The highest BCUT2D eigenvalue weighted by molar-refractivity contribution is 5.92. The second-order valence-electron chi connectivity index (χ2n) is 4.98. The van der Waals surface area contributed by atoms with Crippen LogP contribution in [0.2, 0.25) is 0 Å². The highest BCUT2D eigenvalue weighted by Gasteiger charge is 2.09. The molecule has 0 bridgehead atoms. The van der Waals surface area contributed by atoms with Crippen LogP contribution in [0.4, 0.5) is 0 Å². The van der Waals surface area contributed by atoms with Crippen molar-refractivity contribution >= 4 is 17.7 Å². The van der Waals surface area contributed by atoms with E-state index in [1.54, 1.807) is 19.9 Å². The number of carbonyl (C=O) groups is 3. The molecule has 0 rings (SSSR count). The van der Waals surface area contributed by atoms with Gasteiger partial charge in [0.2, 0.25) is 0 Å². The highest BCUT2D eigenvalue weighted by Crippen LogP contribution is 2.15. The zero-order valence-electron chi connectivity index (χ0n) is 14.0. The highest BCUT2D eigenvalue weighted by atomic mass is 16.5. The maximum atomic E-state index is 11.9. The van der Waals surface area contributed by atoms with Gasteiger partial charge in [0.25, 0.3) is 0 Å². The van der Waals surface area contributed by atoms with Crippen molar-refractivity contribution in [3.8, 4) is 0 Å². The van der Waals surface area contributed by atoms with E-state index in [0.717, 1.165) is 24.8 Å². The molecule has 0 spiro atoms. The number of allylic oxidation sites excluding steroid dienone is 2. The molecule has 0 aliphatic rings. The van der Waals surface area contributed by atoms with E-state index >= 15 is 0 Å². The van der Waals surface area contributed by atoms with E-state index in [4.69, 9.17) is 9.47 Å². The lowest BCUT2D eigenvalue weighted by Gasteiger charge is -2.07. The Balaban J connectivity index is 4.41. The zero-order chi connectivity index (χ0) is 16.8. The van der Waals surface area contributed by atoms with Gasteiger partial charge in [0, 0.05) is 12.8 Å². The lowest BCUT2D eigenvalue weighted by atomic mass is 10.0. The first-order valence-electron chi connectivity index (χ1n) is 8.06. The Morgan fingerprint density at radius 1 is 0.773 bits per heavy atom. The molecule has 126 valence electrons. The monoisotopic (exact) mass is 312 g/mol. The molecule has 5 nitrogen and oxygen atoms in total. The van der Waals surface area contributed by atoms with Gasteiger partial charge in [-0.05, 0) is 39.2 Å². The molecule has 22 heavy (non-hydrogen) atoms. The number of ketones is 1. The van der Waals surface area contributed by atoms with Crippen molar-refractivity contribution in [2.24, 2.45) is 0 Å². The molecule has 0 amide bonds. The minimum absolute atomic E-state index is 0.0944. The number of hydrogen-bond acceptors (Lipinski definition) is 5. The van der Waals surface area contributed by atoms with Crippen LogP contribution in [-0.2, 0) is 23.9 Å². The summed E-state index contributed by atoms with van der Waals surface area (Å²) in [4.78, 5) is 34.5. The molecule has 0 radical (unpaired) electrons. The number of hydrogen-bond donors (Lipinski definition) is 0. The predicted molar refractivity (Wildman–Crippen MR) is 84.3 cm³/mol. The smallest absolute Gasteiger partial charge is 0.306 e. The molecule has 0 heterocycles. The molecular weight excluding hydrogens is 284 g/mol. The van der Waals surface area contributed by atoms with Gasteiger partial charge in [-0.2, -0.15) is 0 Å². The fourth-order valence-electron chi connectivity index (χ4n) is 1.93. The fraction of sp³-hybridized carbons (Fsp3) is 0.706. The Labute approximate surface area is 133 Å². The summed E-state index contributed by atoms with van der Waals surface area (Å²) in [6.07, 6.45) is 5.43. The van der Waals surface area contributed by atoms with Crippen molar-refractivity contribution in [1.29, 1.82) is 0 Å². The Kier molecular flexibility index (Phi) is 12.1. The molecule has 0 unspecified atom stereocenters. The molecule has 0 aromatic carbocycles. The summed E-state index contributed by atoms with van der Waals surface area (Å²) in [5, 5.41) is 0. The lowest BCUT2D eigenvalue weighted by molar-refractivity contribution is -0.144. The Morgan fingerprint density at radius 3 is 1.82 bits per heavy atom. The molecule has 0 saturated carbocycles. The predicted octanol–water partition coefficient (Wildman–Crippen LogP) is 3.36. The van der Waals surface area contributed by atoms with E-state index in [-0.39, 0.29) is 37.0 Å². The van der Waals surface area contributed by atoms with Crippen molar-refractivity contribution in [2.45, 2.75) is 65.7 Å². The minimum atomic E-state index is -0.356. The molecule has 0 aromatic rings. The first kappa shape index (κ1) is 20.3. The summed E-state index contributed by atoms with van der Waals surface area (Å²) >= 11 is 0. The molecule has 0 aromatic heterocycles. The summed E-state index contributed by atoms with van der Waals surface area (Å²) in [5.41, 5.74) is 0.948. The molecule has 0 aliphatic heterocycles. The number of esters is 2. The van der Waals surface area contributed by atoms with Crippen molar-refractivity contribution in [2.75, 3.05) is 13.2 Å². The quantitative estimate of drug-likeness (QED) is 0.408. The van der Waals surface area contributed by atoms with Gasteiger partial charge in [-0.15, -0.1) is 0 Å². The largest absolute Gasteiger partial charge is 0.466 e. The van der Waals surface area contributed by atoms with Crippen LogP contribution in [0.3, 0.4) is 0 Å². The van der Waals surface area contributed by atoms with E-state index in [1.165, 1.54) is 0 Å². The Morgan fingerprint density at radius 2 is 1.32 bits per heavy atom. The second-order valence-corrected chi connectivity index (χ2v) is 4.98. The van der Waals surface area contributed by atoms with Crippen LogP contribution in [0, 0.1) is 0 Å². The maximum absolute atomic E-state index is 11.9. The van der Waals surface area contributed by atoms with Crippen LogP contribution in [0.25, 0.3) is 0 Å². The first-order valence-corrected chi connectivity index (χ1v) is 8.06. The normalized spacial score (nSPS) is 11.1. The van der Waals surface area contributed by atoms with Gasteiger partial charge in [-0.3, -0.25) is 14.4 Å². The van der Waals surface area contributed by atoms with Gasteiger partial charge >= 0.3 is 11.9 Å². The third-order valence-corrected chi connectivity index (χ3v) is 3.05. The first-order chi connectivity index (χ1) is 10.5. The SMILES string of the molecule is CCCC/C(=C/C(=O)CCC(=O)OCC)CCC(=O)OCC. The Hall–Kier alpha value is -1.65. The standard InChI is InChI=1S/C17H28O5/c1-4-7-8-14(9-11-16(19)21-5-2)13-15(18)10-12-17(20)22-6-3/h13H,4-12H2,1-3H3/b14-13-. The molecule has 0 N–H and O–H groups in total. The molecule has 0 aliphatic carbocycles. The number of ether oxygens (including phenoxy) is 2. The lowest BCUT2D eigenvalue weighted by Crippen LogP contribution is -2.07. The van der Waals surface area contributed by atoms with Crippen molar-refractivity contribution < 1.29 is 23.9 Å². The van der Waals surface area contributed by atoms with Crippen LogP contribution in [0.5, 0.6) is 0 Å². The summed E-state index contributed by atoms with van der Waals surface area (Å²) in [6, 6.07) is 0. The maximum Gasteiger partial charge on any atom is 0.306 e. The van der Waals surface area contributed by atoms with Gasteiger partial charge in [0.15, 0.2) is 5.78 Å². The average Bonchev–Trinajstić information content (AvgIpc) is 2.48. The van der Waals surface area contributed by atoms with Gasteiger partial charge in [0.1, 0.15) is 0 Å². The van der Waals surface area contributed by atoms with Gasteiger partial charge in [-0.25, -0.2) is 0 Å². The molecule has 0 saturated heterocycles. The Bertz CT molecular complexity index is 385. The van der Waals surface area contributed by atoms with Crippen molar-refractivity contribution in [3.05, 3.63) is 11.6 Å². The zero-order valence-corrected chi connectivity index (χ0v) is 14.0. The second kappa shape index (κ2) is 13.0.